The third kappa shape index (κ3) is 4.57. The van der Waals surface area contributed by atoms with Crippen LogP contribution in [0.4, 0.5) is 0 Å². The molecule has 0 heterocycles. The third-order valence-corrected chi connectivity index (χ3v) is 3.46. The van der Waals surface area contributed by atoms with Gasteiger partial charge in [-0.2, -0.15) is 5.26 Å². The Balaban J connectivity index is 1.98. The van der Waals surface area contributed by atoms with E-state index in [2.05, 4.69) is 6.07 Å². The number of halogens is 1. The molecule has 0 bridgehead atoms. The second kappa shape index (κ2) is 7.24. The van der Waals surface area contributed by atoms with Crippen molar-refractivity contribution in [3.05, 3.63) is 70.2 Å². The van der Waals surface area contributed by atoms with Gasteiger partial charge in [-0.05, 0) is 42.4 Å². The zero-order valence-corrected chi connectivity index (χ0v) is 12.6. The molecule has 0 aliphatic carbocycles. The summed E-state index contributed by atoms with van der Waals surface area (Å²) < 4.78 is 0. The van der Waals surface area contributed by atoms with E-state index in [0.717, 1.165) is 11.1 Å². The van der Waals surface area contributed by atoms with E-state index in [4.69, 9.17) is 16.9 Å². The number of rotatable bonds is 5. The quantitative estimate of drug-likeness (QED) is 0.921. The molecule has 21 heavy (non-hydrogen) atoms. The standard InChI is InChI=1S/C17H17ClN2O/c1-20(11-14-5-2-4-13(8-14)10-19)12-17(21)15-6-3-7-16(18)9-15/h2-9,17,21H,11-12H2,1H3. The van der Waals surface area contributed by atoms with Gasteiger partial charge in [-0.3, -0.25) is 4.90 Å². The highest BCUT2D eigenvalue weighted by molar-refractivity contribution is 6.30. The van der Waals surface area contributed by atoms with Crippen LogP contribution in [0.3, 0.4) is 0 Å². The summed E-state index contributed by atoms with van der Waals surface area (Å²) in [7, 11) is 1.94. The van der Waals surface area contributed by atoms with Crippen LogP contribution < -0.4 is 0 Å². The summed E-state index contributed by atoms with van der Waals surface area (Å²) in [6.07, 6.45) is -0.590. The van der Waals surface area contributed by atoms with E-state index in [9.17, 15) is 5.11 Å². The Morgan fingerprint density at radius 1 is 1.24 bits per heavy atom. The smallest absolute Gasteiger partial charge is 0.0991 e. The van der Waals surface area contributed by atoms with Crippen molar-refractivity contribution >= 4 is 11.6 Å². The van der Waals surface area contributed by atoms with Gasteiger partial charge in [0.25, 0.3) is 0 Å². The molecule has 0 aromatic heterocycles. The van der Waals surface area contributed by atoms with Gasteiger partial charge in [-0.15, -0.1) is 0 Å². The van der Waals surface area contributed by atoms with E-state index in [1.807, 2.05) is 42.3 Å². The number of hydrogen-bond donors (Lipinski definition) is 1. The van der Waals surface area contributed by atoms with Crippen molar-refractivity contribution in [1.29, 1.82) is 5.26 Å². The van der Waals surface area contributed by atoms with Gasteiger partial charge in [0.05, 0.1) is 17.7 Å². The SMILES string of the molecule is CN(Cc1cccc(C#N)c1)CC(O)c1cccc(Cl)c1. The number of nitriles is 1. The molecule has 108 valence electrons. The fraction of sp³-hybridized carbons (Fsp3) is 0.235. The fourth-order valence-electron chi connectivity index (χ4n) is 2.23. The molecule has 1 unspecified atom stereocenters. The molecule has 0 radical (unpaired) electrons. The molecule has 1 N–H and O–H groups in total. The zero-order chi connectivity index (χ0) is 15.2. The van der Waals surface area contributed by atoms with Gasteiger partial charge in [0, 0.05) is 18.1 Å². The number of aliphatic hydroxyl groups excluding tert-OH is 1. The van der Waals surface area contributed by atoms with E-state index in [1.54, 1.807) is 18.2 Å². The summed E-state index contributed by atoms with van der Waals surface area (Å²) in [6, 6.07) is 16.9. The van der Waals surface area contributed by atoms with Gasteiger partial charge in [-0.1, -0.05) is 35.9 Å². The Bertz CT molecular complexity index is 651. The molecule has 3 nitrogen and oxygen atoms in total. The van der Waals surface area contributed by atoms with Crippen LogP contribution >= 0.6 is 11.6 Å². The van der Waals surface area contributed by atoms with Crippen molar-refractivity contribution < 1.29 is 5.11 Å². The van der Waals surface area contributed by atoms with Crippen molar-refractivity contribution in [2.24, 2.45) is 0 Å². The first-order valence-corrected chi connectivity index (χ1v) is 7.07. The number of likely N-dealkylation sites (N-methyl/N-ethyl adjacent to an activating group) is 1. The first-order valence-electron chi connectivity index (χ1n) is 6.69. The van der Waals surface area contributed by atoms with Crippen LogP contribution in [0.1, 0.15) is 22.8 Å². The normalized spacial score (nSPS) is 12.1. The molecule has 0 aliphatic heterocycles. The molecule has 2 rings (SSSR count). The van der Waals surface area contributed by atoms with Gasteiger partial charge in [0.1, 0.15) is 0 Å². The monoisotopic (exact) mass is 300 g/mol. The molecule has 0 aliphatic rings. The van der Waals surface area contributed by atoms with Crippen LogP contribution in [0.2, 0.25) is 5.02 Å². The number of nitrogens with zero attached hydrogens (tertiary/aromatic N) is 2. The molecule has 1 atom stereocenters. The van der Waals surface area contributed by atoms with Gasteiger partial charge in [0.15, 0.2) is 0 Å². The molecule has 0 saturated carbocycles. The molecular weight excluding hydrogens is 284 g/mol. The fourth-order valence-corrected chi connectivity index (χ4v) is 2.43. The average Bonchev–Trinajstić information content (AvgIpc) is 2.47. The zero-order valence-electron chi connectivity index (χ0n) is 11.8. The highest BCUT2D eigenvalue weighted by atomic mass is 35.5. The summed E-state index contributed by atoms with van der Waals surface area (Å²) in [6.45, 7) is 1.17. The van der Waals surface area contributed by atoms with E-state index in [1.165, 1.54) is 0 Å². The molecular formula is C17H17ClN2O. The Morgan fingerprint density at radius 3 is 2.71 bits per heavy atom. The molecule has 2 aromatic carbocycles. The van der Waals surface area contributed by atoms with E-state index in [-0.39, 0.29) is 0 Å². The minimum Gasteiger partial charge on any atom is -0.387 e. The van der Waals surface area contributed by atoms with Crippen molar-refractivity contribution in [1.82, 2.24) is 4.90 Å². The second-order valence-electron chi connectivity index (χ2n) is 5.08. The lowest BCUT2D eigenvalue weighted by Crippen LogP contribution is -2.24. The molecule has 0 amide bonds. The first-order chi connectivity index (χ1) is 10.1. The number of aliphatic hydroxyl groups is 1. The molecule has 0 saturated heterocycles. The maximum atomic E-state index is 10.2. The lowest BCUT2D eigenvalue weighted by Gasteiger charge is -2.21. The van der Waals surface area contributed by atoms with Crippen LogP contribution in [0.25, 0.3) is 0 Å². The van der Waals surface area contributed by atoms with E-state index in [0.29, 0.717) is 23.7 Å². The van der Waals surface area contributed by atoms with Crippen LogP contribution in [-0.2, 0) is 6.54 Å². The predicted molar refractivity (Wildman–Crippen MR) is 83.9 cm³/mol. The summed E-state index contributed by atoms with van der Waals surface area (Å²) in [5.41, 5.74) is 2.51. The average molecular weight is 301 g/mol. The van der Waals surface area contributed by atoms with Crippen molar-refractivity contribution in [3.63, 3.8) is 0 Å². The topological polar surface area (TPSA) is 47.3 Å². The minimum atomic E-state index is -0.590. The maximum Gasteiger partial charge on any atom is 0.0991 e. The Hall–Kier alpha value is -1.86. The Kier molecular flexibility index (Phi) is 5.35. The lowest BCUT2D eigenvalue weighted by atomic mass is 10.1. The van der Waals surface area contributed by atoms with Gasteiger partial charge in [-0.25, -0.2) is 0 Å². The molecule has 0 spiro atoms. The van der Waals surface area contributed by atoms with E-state index >= 15 is 0 Å². The Morgan fingerprint density at radius 2 is 2.00 bits per heavy atom. The van der Waals surface area contributed by atoms with Crippen molar-refractivity contribution in [2.75, 3.05) is 13.6 Å². The van der Waals surface area contributed by atoms with Crippen LogP contribution in [0, 0.1) is 11.3 Å². The lowest BCUT2D eigenvalue weighted by molar-refractivity contribution is 0.124. The van der Waals surface area contributed by atoms with Crippen molar-refractivity contribution in [2.45, 2.75) is 12.6 Å². The minimum absolute atomic E-state index is 0.497. The van der Waals surface area contributed by atoms with Crippen LogP contribution in [0.15, 0.2) is 48.5 Å². The summed E-state index contributed by atoms with van der Waals surface area (Å²) >= 11 is 5.93. The molecule has 2 aromatic rings. The highest BCUT2D eigenvalue weighted by Crippen LogP contribution is 2.19. The van der Waals surface area contributed by atoms with Crippen molar-refractivity contribution in [3.8, 4) is 6.07 Å². The largest absolute Gasteiger partial charge is 0.387 e. The van der Waals surface area contributed by atoms with Gasteiger partial charge >= 0.3 is 0 Å². The number of hydrogen-bond acceptors (Lipinski definition) is 3. The van der Waals surface area contributed by atoms with Gasteiger partial charge < -0.3 is 5.11 Å². The molecule has 0 fully saturated rings. The summed E-state index contributed by atoms with van der Waals surface area (Å²) in [5.74, 6) is 0. The van der Waals surface area contributed by atoms with Gasteiger partial charge in [0.2, 0.25) is 0 Å². The summed E-state index contributed by atoms with van der Waals surface area (Å²) in [5, 5.41) is 19.8. The number of benzene rings is 2. The van der Waals surface area contributed by atoms with Crippen LogP contribution in [-0.4, -0.2) is 23.6 Å². The van der Waals surface area contributed by atoms with Crippen LogP contribution in [0.5, 0.6) is 0 Å². The highest BCUT2D eigenvalue weighted by Gasteiger charge is 2.11. The Labute approximate surface area is 130 Å². The van der Waals surface area contributed by atoms with E-state index < -0.39 is 6.10 Å². The summed E-state index contributed by atoms with van der Waals surface area (Å²) in [4.78, 5) is 2.02. The second-order valence-corrected chi connectivity index (χ2v) is 5.52. The maximum absolute atomic E-state index is 10.2. The third-order valence-electron chi connectivity index (χ3n) is 3.23. The predicted octanol–water partition coefficient (Wildman–Crippen LogP) is 3.38. The first kappa shape index (κ1) is 15.5. The molecule has 4 heteroatoms.